The molecule has 5 nitrogen and oxygen atoms in total. The molecular weight excluding hydrogens is 400 g/mol. The maximum atomic E-state index is 13.3. The standard InChI is InChI=1S/C27H24N2O3/c30-22-15-9-14-21(18-22)27(31)29-17-8-7-16-23(29)26-28-24(19-10-3-1-4-11-19)25(32-26)20-12-5-2-6-13-20/h1-6,9-15,18,23,30H,7-8,16-17H2. The predicted octanol–water partition coefficient (Wildman–Crippen LogP) is 6.08. The first kappa shape index (κ1) is 20.1. The van der Waals surface area contributed by atoms with Crippen molar-refractivity contribution in [2.45, 2.75) is 25.3 Å². The molecule has 0 radical (unpaired) electrons. The summed E-state index contributed by atoms with van der Waals surface area (Å²) >= 11 is 0. The highest BCUT2D eigenvalue weighted by Crippen LogP contribution is 2.38. The zero-order valence-corrected chi connectivity index (χ0v) is 17.6. The van der Waals surface area contributed by atoms with E-state index in [0.717, 1.165) is 36.1 Å². The fraction of sp³-hybridized carbons (Fsp3) is 0.185. The third kappa shape index (κ3) is 3.89. The summed E-state index contributed by atoms with van der Waals surface area (Å²) in [6.45, 7) is 0.628. The maximum absolute atomic E-state index is 13.3. The van der Waals surface area contributed by atoms with Gasteiger partial charge in [0.15, 0.2) is 5.76 Å². The first-order chi connectivity index (χ1) is 15.7. The van der Waals surface area contributed by atoms with Gasteiger partial charge in [-0.3, -0.25) is 4.79 Å². The minimum absolute atomic E-state index is 0.0817. The molecule has 3 aromatic carbocycles. The zero-order chi connectivity index (χ0) is 21.9. The first-order valence-corrected chi connectivity index (χ1v) is 10.9. The van der Waals surface area contributed by atoms with Crippen molar-refractivity contribution in [3.05, 3.63) is 96.4 Å². The van der Waals surface area contributed by atoms with Crippen LogP contribution in [-0.4, -0.2) is 27.4 Å². The molecule has 5 rings (SSSR count). The molecule has 0 saturated carbocycles. The van der Waals surface area contributed by atoms with Gasteiger partial charge in [-0.1, -0.05) is 66.7 Å². The van der Waals surface area contributed by atoms with E-state index >= 15 is 0 Å². The molecule has 0 bridgehead atoms. The Kier molecular flexibility index (Phi) is 5.46. The number of likely N-dealkylation sites (tertiary alicyclic amines) is 1. The predicted molar refractivity (Wildman–Crippen MR) is 123 cm³/mol. The number of carbonyl (C=O) groups excluding carboxylic acids is 1. The molecule has 1 N–H and O–H groups in total. The summed E-state index contributed by atoms with van der Waals surface area (Å²) in [5, 5.41) is 9.83. The van der Waals surface area contributed by atoms with Crippen LogP contribution in [0.2, 0.25) is 0 Å². The topological polar surface area (TPSA) is 66.6 Å². The van der Waals surface area contributed by atoms with E-state index in [1.807, 2.05) is 65.6 Å². The minimum Gasteiger partial charge on any atom is -0.508 e. The number of aromatic nitrogens is 1. The van der Waals surface area contributed by atoms with Crippen LogP contribution in [0.5, 0.6) is 5.75 Å². The van der Waals surface area contributed by atoms with E-state index in [-0.39, 0.29) is 17.7 Å². The molecule has 1 saturated heterocycles. The number of benzene rings is 3. The summed E-state index contributed by atoms with van der Waals surface area (Å²) in [5.41, 5.74) is 3.17. The summed E-state index contributed by atoms with van der Waals surface area (Å²) in [6.07, 6.45) is 2.71. The van der Waals surface area contributed by atoms with Gasteiger partial charge in [-0.05, 0) is 37.5 Å². The molecule has 1 aromatic heterocycles. The van der Waals surface area contributed by atoms with Crippen LogP contribution in [0.25, 0.3) is 22.6 Å². The molecule has 4 aromatic rings. The summed E-state index contributed by atoms with van der Waals surface area (Å²) in [4.78, 5) is 20.1. The summed E-state index contributed by atoms with van der Waals surface area (Å²) in [7, 11) is 0. The Bertz CT molecular complexity index is 1160. The lowest BCUT2D eigenvalue weighted by Gasteiger charge is -2.33. The van der Waals surface area contributed by atoms with Gasteiger partial charge in [-0.25, -0.2) is 4.98 Å². The van der Waals surface area contributed by atoms with Crippen molar-refractivity contribution in [2.24, 2.45) is 0 Å². The quantitative estimate of drug-likeness (QED) is 0.431. The van der Waals surface area contributed by atoms with Gasteiger partial charge in [0.25, 0.3) is 5.91 Å². The second kappa shape index (κ2) is 8.71. The van der Waals surface area contributed by atoms with E-state index < -0.39 is 0 Å². The van der Waals surface area contributed by atoms with Gasteiger partial charge in [0.2, 0.25) is 5.89 Å². The van der Waals surface area contributed by atoms with Gasteiger partial charge in [0, 0.05) is 23.2 Å². The van der Waals surface area contributed by atoms with Crippen LogP contribution in [0.3, 0.4) is 0 Å². The molecule has 2 heterocycles. The highest BCUT2D eigenvalue weighted by Gasteiger charge is 2.33. The van der Waals surface area contributed by atoms with E-state index in [0.29, 0.717) is 23.8 Å². The van der Waals surface area contributed by atoms with Gasteiger partial charge >= 0.3 is 0 Å². The average molecular weight is 424 g/mol. The number of rotatable bonds is 4. The lowest BCUT2D eigenvalue weighted by molar-refractivity contribution is 0.0572. The number of piperidine rings is 1. The van der Waals surface area contributed by atoms with Crippen LogP contribution in [0.15, 0.2) is 89.3 Å². The number of hydrogen-bond donors (Lipinski definition) is 1. The fourth-order valence-electron chi connectivity index (χ4n) is 4.29. The Labute approximate surface area is 187 Å². The Balaban J connectivity index is 1.57. The first-order valence-electron chi connectivity index (χ1n) is 10.9. The Morgan fingerprint density at radius 1 is 0.906 bits per heavy atom. The number of carbonyl (C=O) groups is 1. The molecule has 1 aliphatic rings. The lowest BCUT2D eigenvalue weighted by Crippen LogP contribution is -2.38. The van der Waals surface area contributed by atoms with Crippen molar-refractivity contribution in [2.75, 3.05) is 6.54 Å². The van der Waals surface area contributed by atoms with Gasteiger partial charge in [0.1, 0.15) is 17.5 Å². The van der Waals surface area contributed by atoms with Crippen molar-refractivity contribution in [1.82, 2.24) is 9.88 Å². The second-order valence-corrected chi connectivity index (χ2v) is 8.02. The van der Waals surface area contributed by atoms with Crippen molar-refractivity contribution in [1.29, 1.82) is 0 Å². The van der Waals surface area contributed by atoms with Crippen LogP contribution in [0, 0.1) is 0 Å². The zero-order valence-electron chi connectivity index (χ0n) is 17.6. The van der Waals surface area contributed by atoms with Gasteiger partial charge in [-0.2, -0.15) is 0 Å². The molecule has 1 aliphatic heterocycles. The van der Waals surface area contributed by atoms with Crippen molar-refractivity contribution < 1.29 is 14.3 Å². The lowest BCUT2D eigenvalue weighted by atomic mass is 10.0. The molecule has 32 heavy (non-hydrogen) atoms. The van der Waals surface area contributed by atoms with E-state index in [1.54, 1.807) is 18.2 Å². The molecule has 0 spiro atoms. The monoisotopic (exact) mass is 424 g/mol. The molecular formula is C27H24N2O3. The van der Waals surface area contributed by atoms with Gasteiger partial charge in [0.05, 0.1) is 0 Å². The summed E-state index contributed by atoms with van der Waals surface area (Å²) in [6, 6.07) is 26.2. The molecule has 0 aliphatic carbocycles. The number of amides is 1. The van der Waals surface area contributed by atoms with E-state index in [2.05, 4.69) is 0 Å². The maximum Gasteiger partial charge on any atom is 0.254 e. The van der Waals surface area contributed by atoms with Crippen LogP contribution in [-0.2, 0) is 0 Å². The highest BCUT2D eigenvalue weighted by atomic mass is 16.4. The molecule has 1 amide bonds. The normalized spacial score (nSPS) is 16.1. The third-order valence-electron chi connectivity index (χ3n) is 5.87. The van der Waals surface area contributed by atoms with E-state index in [9.17, 15) is 9.90 Å². The number of aromatic hydroxyl groups is 1. The molecule has 160 valence electrons. The van der Waals surface area contributed by atoms with Crippen LogP contribution in [0.1, 0.15) is 41.6 Å². The second-order valence-electron chi connectivity index (χ2n) is 8.02. The fourth-order valence-corrected chi connectivity index (χ4v) is 4.29. The highest BCUT2D eigenvalue weighted by molar-refractivity contribution is 5.95. The Morgan fingerprint density at radius 2 is 1.62 bits per heavy atom. The molecule has 5 heteroatoms. The van der Waals surface area contributed by atoms with E-state index in [4.69, 9.17) is 9.40 Å². The SMILES string of the molecule is O=C(c1cccc(O)c1)N1CCCCC1c1nc(-c2ccccc2)c(-c2ccccc2)o1. The number of phenols is 1. The average Bonchev–Trinajstić information content (AvgIpc) is 3.30. The smallest absolute Gasteiger partial charge is 0.254 e. The van der Waals surface area contributed by atoms with Gasteiger partial charge < -0.3 is 14.4 Å². The molecule has 1 atom stereocenters. The van der Waals surface area contributed by atoms with Crippen molar-refractivity contribution >= 4 is 5.91 Å². The number of oxazole rings is 1. The largest absolute Gasteiger partial charge is 0.508 e. The Morgan fingerprint density at radius 3 is 2.34 bits per heavy atom. The van der Waals surface area contributed by atoms with Crippen LogP contribution < -0.4 is 0 Å². The molecule has 1 unspecified atom stereocenters. The van der Waals surface area contributed by atoms with Crippen LogP contribution >= 0.6 is 0 Å². The third-order valence-corrected chi connectivity index (χ3v) is 5.87. The number of nitrogens with zero attached hydrogens (tertiary/aromatic N) is 2. The van der Waals surface area contributed by atoms with Crippen molar-refractivity contribution in [3.63, 3.8) is 0 Å². The Hall–Kier alpha value is -3.86. The van der Waals surface area contributed by atoms with Crippen LogP contribution in [0.4, 0.5) is 0 Å². The van der Waals surface area contributed by atoms with Gasteiger partial charge in [-0.15, -0.1) is 0 Å². The number of hydrogen-bond acceptors (Lipinski definition) is 4. The summed E-state index contributed by atoms with van der Waals surface area (Å²) in [5.74, 6) is 1.22. The molecule has 1 fully saturated rings. The van der Waals surface area contributed by atoms with E-state index in [1.165, 1.54) is 6.07 Å². The van der Waals surface area contributed by atoms with Crippen molar-refractivity contribution in [3.8, 4) is 28.3 Å². The number of phenolic OH excluding ortho intramolecular Hbond substituents is 1. The summed E-state index contributed by atoms with van der Waals surface area (Å²) < 4.78 is 6.38. The minimum atomic E-state index is -0.251.